The number of carbonyl (C=O) groups is 1. The number of carboxylic acids is 1. The molecule has 0 aliphatic heterocycles. The number of hydrogen-bond donors (Lipinski definition) is 2. The van der Waals surface area contributed by atoms with Crippen LogP contribution < -0.4 is 5.32 Å². The minimum absolute atomic E-state index is 0.438. The van der Waals surface area contributed by atoms with Crippen LogP contribution in [0.4, 0.5) is 11.5 Å². The van der Waals surface area contributed by atoms with Crippen LogP contribution in [0, 0.1) is 13.8 Å². The van der Waals surface area contributed by atoms with Gasteiger partial charge in [0.25, 0.3) is 0 Å². The standard InChI is InChI=1S/C26H28N4O3/c1-16-11-13-19(14-12-16)28-24-22(23(25(31)32)33-26(3,4)5)17(2)27-21-15-20(29-30(21)24)18-9-7-6-8-10-18/h6-15,23,28H,1-5H3,(H,31,32). The molecule has 2 N–H and O–H groups in total. The maximum Gasteiger partial charge on any atom is 0.337 e. The van der Waals surface area contributed by atoms with Gasteiger partial charge < -0.3 is 15.2 Å². The van der Waals surface area contributed by atoms with Gasteiger partial charge in [-0.15, -0.1) is 0 Å². The van der Waals surface area contributed by atoms with Crippen LogP contribution in [0.2, 0.25) is 0 Å². The summed E-state index contributed by atoms with van der Waals surface area (Å²) in [6.45, 7) is 9.31. The maximum atomic E-state index is 12.3. The average Bonchev–Trinajstić information content (AvgIpc) is 3.18. The van der Waals surface area contributed by atoms with Crippen LogP contribution in [0.25, 0.3) is 16.9 Å². The zero-order chi connectivity index (χ0) is 23.8. The molecule has 0 saturated carbocycles. The number of rotatable bonds is 6. The van der Waals surface area contributed by atoms with Crippen molar-refractivity contribution in [3.8, 4) is 11.3 Å². The van der Waals surface area contributed by atoms with Gasteiger partial charge in [-0.1, -0.05) is 48.0 Å². The van der Waals surface area contributed by atoms with E-state index in [0.717, 1.165) is 22.5 Å². The van der Waals surface area contributed by atoms with Crippen molar-refractivity contribution in [3.63, 3.8) is 0 Å². The highest BCUT2D eigenvalue weighted by molar-refractivity contribution is 5.79. The topological polar surface area (TPSA) is 88.8 Å². The SMILES string of the molecule is Cc1ccc(Nc2c(C(OC(C)(C)C)C(=O)O)c(C)nc3cc(-c4ccccc4)nn23)cc1. The molecular formula is C26H28N4O3. The summed E-state index contributed by atoms with van der Waals surface area (Å²) in [6.07, 6.45) is -1.22. The van der Waals surface area contributed by atoms with E-state index in [0.29, 0.717) is 22.7 Å². The largest absolute Gasteiger partial charge is 0.479 e. The third-order valence-electron chi connectivity index (χ3n) is 5.17. The van der Waals surface area contributed by atoms with Crippen LogP contribution in [-0.4, -0.2) is 31.3 Å². The van der Waals surface area contributed by atoms with Crippen LogP contribution in [0.15, 0.2) is 60.7 Å². The predicted molar refractivity (Wildman–Crippen MR) is 129 cm³/mol. The zero-order valence-corrected chi connectivity index (χ0v) is 19.5. The molecule has 0 spiro atoms. The number of aryl methyl sites for hydroxylation is 2. The van der Waals surface area contributed by atoms with Crippen molar-refractivity contribution in [2.45, 2.75) is 46.3 Å². The number of anilines is 2. The second kappa shape index (κ2) is 8.67. The highest BCUT2D eigenvalue weighted by Crippen LogP contribution is 2.35. The summed E-state index contributed by atoms with van der Waals surface area (Å²) in [5, 5.41) is 18.3. The molecule has 33 heavy (non-hydrogen) atoms. The molecule has 7 nitrogen and oxygen atoms in total. The van der Waals surface area contributed by atoms with Gasteiger partial charge in [0.2, 0.25) is 0 Å². The molecule has 4 aromatic rings. The monoisotopic (exact) mass is 444 g/mol. The Labute approximate surface area is 193 Å². The third kappa shape index (κ3) is 4.88. The van der Waals surface area contributed by atoms with E-state index in [1.54, 1.807) is 11.4 Å². The first-order valence-corrected chi connectivity index (χ1v) is 10.8. The Morgan fingerprint density at radius 1 is 1.06 bits per heavy atom. The molecule has 0 fully saturated rings. The van der Waals surface area contributed by atoms with Gasteiger partial charge in [0.1, 0.15) is 5.82 Å². The van der Waals surface area contributed by atoms with Gasteiger partial charge in [0.15, 0.2) is 11.8 Å². The predicted octanol–water partition coefficient (Wildman–Crippen LogP) is 5.70. The van der Waals surface area contributed by atoms with Gasteiger partial charge in [-0.25, -0.2) is 9.78 Å². The lowest BCUT2D eigenvalue weighted by atomic mass is 10.1. The highest BCUT2D eigenvalue weighted by Gasteiger charge is 2.33. The Kier molecular flexibility index (Phi) is 5.91. The third-order valence-corrected chi connectivity index (χ3v) is 5.17. The molecule has 2 aromatic heterocycles. The maximum absolute atomic E-state index is 12.3. The summed E-state index contributed by atoms with van der Waals surface area (Å²) in [5.41, 5.74) is 4.57. The molecule has 2 aromatic carbocycles. The van der Waals surface area contributed by atoms with E-state index in [-0.39, 0.29) is 0 Å². The van der Waals surface area contributed by atoms with E-state index in [2.05, 4.69) is 10.3 Å². The molecule has 0 bridgehead atoms. The normalized spacial score (nSPS) is 12.6. The molecule has 0 aliphatic rings. The smallest absolute Gasteiger partial charge is 0.337 e. The lowest BCUT2D eigenvalue weighted by Crippen LogP contribution is -2.29. The van der Waals surface area contributed by atoms with Gasteiger partial charge in [-0.3, -0.25) is 0 Å². The summed E-state index contributed by atoms with van der Waals surface area (Å²) in [6, 6.07) is 19.6. The summed E-state index contributed by atoms with van der Waals surface area (Å²) in [7, 11) is 0. The van der Waals surface area contributed by atoms with Gasteiger partial charge in [-0.2, -0.15) is 9.61 Å². The average molecular weight is 445 g/mol. The lowest BCUT2D eigenvalue weighted by molar-refractivity contribution is -0.160. The Balaban J connectivity index is 1.95. The Morgan fingerprint density at radius 3 is 2.33 bits per heavy atom. The second-order valence-electron chi connectivity index (χ2n) is 9.06. The number of aliphatic carboxylic acids is 1. The van der Waals surface area contributed by atoms with E-state index >= 15 is 0 Å². The van der Waals surface area contributed by atoms with Crippen LogP contribution in [-0.2, 0) is 9.53 Å². The Morgan fingerprint density at radius 2 is 1.73 bits per heavy atom. The molecule has 1 atom stereocenters. The van der Waals surface area contributed by atoms with Crippen molar-refractivity contribution in [2.75, 3.05) is 5.32 Å². The number of benzene rings is 2. The van der Waals surface area contributed by atoms with Crippen LogP contribution in [0.1, 0.15) is 43.7 Å². The first-order valence-electron chi connectivity index (χ1n) is 10.8. The van der Waals surface area contributed by atoms with Gasteiger partial charge in [0.05, 0.1) is 16.9 Å². The summed E-state index contributed by atoms with van der Waals surface area (Å²) >= 11 is 0. The van der Waals surface area contributed by atoms with E-state index in [1.165, 1.54) is 0 Å². The molecule has 0 saturated heterocycles. The van der Waals surface area contributed by atoms with Crippen molar-refractivity contribution >= 4 is 23.1 Å². The fourth-order valence-electron chi connectivity index (χ4n) is 3.68. The molecule has 1 unspecified atom stereocenters. The quantitative estimate of drug-likeness (QED) is 0.397. The molecule has 0 aliphatic carbocycles. The van der Waals surface area contributed by atoms with Crippen molar-refractivity contribution in [1.82, 2.24) is 14.6 Å². The Bertz CT molecular complexity index is 1290. The second-order valence-corrected chi connectivity index (χ2v) is 9.06. The van der Waals surface area contributed by atoms with Crippen LogP contribution in [0.5, 0.6) is 0 Å². The number of ether oxygens (including phenoxy) is 1. The molecule has 0 amide bonds. The first-order chi connectivity index (χ1) is 15.6. The van der Waals surface area contributed by atoms with Crippen LogP contribution >= 0.6 is 0 Å². The number of nitrogens with zero attached hydrogens (tertiary/aromatic N) is 3. The first kappa shape index (κ1) is 22.5. The van der Waals surface area contributed by atoms with Crippen molar-refractivity contribution < 1.29 is 14.6 Å². The zero-order valence-electron chi connectivity index (χ0n) is 19.5. The van der Waals surface area contributed by atoms with Crippen molar-refractivity contribution in [3.05, 3.63) is 77.5 Å². The highest BCUT2D eigenvalue weighted by atomic mass is 16.5. The fraction of sp³-hybridized carbons (Fsp3) is 0.269. The van der Waals surface area contributed by atoms with E-state index in [1.807, 2.05) is 88.4 Å². The number of aromatic nitrogens is 3. The number of hydrogen-bond acceptors (Lipinski definition) is 5. The molecule has 170 valence electrons. The van der Waals surface area contributed by atoms with E-state index < -0.39 is 17.7 Å². The van der Waals surface area contributed by atoms with E-state index in [4.69, 9.17) is 9.84 Å². The molecule has 0 radical (unpaired) electrons. The van der Waals surface area contributed by atoms with Gasteiger partial charge in [0, 0.05) is 23.0 Å². The molecule has 4 rings (SSSR count). The minimum atomic E-state index is -1.22. The lowest BCUT2D eigenvalue weighted by Gasteiger charge is -2.27. The molecule has 7 heteroatoms. The number of fused-ring (bicyclic) bond motifs is 1. The van der Waals surface area contributed by atoms with Gasteiger partial charge >= 0.3 is 5.97 Å². The van der Waals surface area contributed by atoms with Crippen molar-refractivity contribution in [2.24, 2.45) is 0 Å². The number of carboxylic acid groups (broad SMARTS) is 1. The summed E-state index contributed by atoms with van der Waals surface area (Å²) < 4.78 is 7.64. The summed E-state index contributed by atoms with van der Waals surface area (Å²) in [5.74, 6) is -0.572. The molecular weight excluding hydrogens is 416 g/mol. The molecule has 2 heterocycles. The minimum Gasteiger partial charge on any atom is -0.479 e. The van der Waals surface area contributed by atoms with Gasteiger partial charge in [-0.05, 0) is 46.8 Å². The summed E-state index contributed by atoms with van der Waals surface area (Å²) in [4.78, 5) is 17.0. The number of nitrogens with one attached hydrogen (secondary N) is 1. The Hall–Kier alpha value is -3.71. The van der Waals surface area contributed by atoms with Crippen molar-refractivity contribution in [1.29, 1.82) is 0 Å². The van der Waals surface area contributed by atoms with Crippen LogP contribution in [0.3, 0.4) is 0 Å². The van der Waals surface area contributed by atoms with E-state index in [9.17, 15) is 9.90 Å². The fourth-order valence-corrected chi connectivity index (χ4v) is 3.68.